The number of ketones is 1. The van der Waals surface area contributed by atoms with Crippen LogP contribution in [-0.2, 0) is 6.61 Å². The molecular weight excluding hydrogens is 306 g/mol. The Hall–Kier alpha value is -2.82. The van der Waals surface area contributed by atoms with E-state index >= 15 is 0 Å². The van der Waals surface area contributed by atoms with E-state index in [2.05, 4.69) is 0 Å². The van der Waals surface area contributed by atoms with Crippen LogP contribution in [-0.4, -0.2) is 37.8 Å². The van der Waals surface area contributed by atoms with Crippen LogP contribution in [0.3, 0.4) is 0 Å². The van der Waals surface area contributed by atoms with Gasteiger partial charge in [-0.2, -0.15) is 0 Å². The number of nitrogens with zero attached hydrogens (tertiary/aromatic N) is 1. The van der Waals surface area contributed by atoms with Crippen LogP contribution < -0.4 is 9.47 Å². The molecule has 1 amide bonds. The van der Waals surface area contributed by atoms with Gasteiger partial charge in [-0.05, 0) is 49.4 Å². The van der Waals surface area contributed by atoms with Crippen molar-refractivity contribution < 1.29 is 19.1 Å². The van der Waals surface area contributed by atoms with Gasteiger partial charge < -0.3 is 14.4 Å². The molecule has 0 aliphatic carbocycles. The lowest BCUT2D eigenvalue weighted by atomic mass is 10.1. The number of hydrogen-bond acceptors (Lipinski definition) is 4. The molecule has 0 N–H and O–H groups in total. The van der Waals surface area contributed by atoms with E-state index in [9.17, 15) is 9.59 Å². The topological polar surface area (TPSA) is 55.8 Å². The molecule has 0 atom stereocenters. The van der Waals surface area contributed by atoms with Crippen molar-refractivity contribution in [2.45, 2.75) is 13.5 Å². The van der Waals surface area contributed by atoms with Gasteiger partial charge in [0.15, 0.2) is 5.78 Å². The van der Waals surface area contributed by atoms with Gasteiger partial charge in [-0.3, -0.25) is 9.59 Å². The second-order valence-corrected chi connectivity index (χ2v) is 5.60. The van der Waals surface area contributed by atoms with Gasteiger partial charge in [0.2, 0.25) is 0 Å². The Bertz CT molecular complexity index is 736. The molecule has 0 saturated carbocycles. The van der Waals surface area contributed by atoms with Gasteiger partial charge >= 0.3 is 0 Å². The van der Waals surface area contributed by atoms with Crippen LogP contribution in [0.2, 0.25) is 0 Å². The van der Waals surface area contributed by atoms with Gasteiger partial charge in [-0.25, -0.2) is 0 Å². The Kier molecular flexibility index (Phi) is 5.58. The maximum atomic E-state index is 11.9. The van der Waals surface area contributed by atoms with Crippen LogP contribution in [0.15, 0.2) is 42.5 Å². The third-order valence-corrected chi connectivity index (χ3v) is 3.59. The molecule has 0 fully saturated rings. The molecule has 0 aliphatic heterocycles. The monoisotopic (exact) mass is 327 g/mol. The predicted octanol–water partition coefficient (Wildman–Crippen LogP) is 3.18. The van der Waals surface area contributed by atoms with E-state index in [1.165, 1.54) is 11.8 Å². The molecule has 0 aromatic heterocycles. The molecule has 24 heavy (non-hydrogen) atoms. The zero-order valence-electron chi connectivity index (χ0n) is 14.3. The van der Waals surface area contributed by atoms with Crippen LogP contribution >= 0.6 is 0 Å². The summed E-state index contributed by atoms with van der Waals surface area (Å²) in [5.74, 6) is 1.24. The first-order valence-electron chi connectivity index (χ1n) is 7.54. The quantitative estimate of drug-likeness (QED) is 0.765. The van der Waals surface area contributed by atoms with E-state index in [1.54, 1.807) is 63.7 Å². The van der Waals surface area contributed by atoms with Gasteiger partial charge in [-0.1, -0.05) is 0 Å². The molecule has 0 radical (unpaired) electrons. The summed E-state index contributed by atoms with van der Waals surface area (Å²) in [4.78, 5) is 24.9. The molecule has 2 rings (SSSR count). The SMILES string of the molecule is COc1ccc(C(C)=O)cc1COc1ccc(C(=O)N(C)C)cc1. The highest BCUT2D eigenvalue weighted by atomic mass is 16.5. The summed E-state index contributed by atoms with van der Waals surface area (Å²) in [6, 6.07) is 12.2. The summed E-state index contributed by atoms with van der Waals surface area (Å²) in [5.41, 5.74) is 2.00. The Balaban J connectivity index is 2.12. The molecule has 0 saturated heterocycles. The van der Waals surface area contributed by atoms with E-state index in [-0.39, 0.29) is 18.3 Å². The average Bonchev–Trinajstić information content (AvgIpc) is 2.59. The van der Waals surface area contributed by atoms with Crippen molar-refractivity contribution in [1.82, 2.24) is 4.90 Å². The number of rotatable bonds is 6. The third kappa shape index (κ3) is 4.13. The first-order chi connectivity index (χ1) is 11.4. The first kappa shape index (κ1) is 17.5. The number of hydrogen-bond donors (Lipinski definition) is 0. The molecular formula is C19H21NO4. The van der Waals surface area contributed by atoms with E-state index in [0.717, 1.165) is 5.56 Å². The maximum Gasteiger partial charge on any atom is 0.253 e. The number of ether oxygens (including phenoxy) is 2. The van der Waals surface area contributed by atoms with Crippen LogP contribution in [0.5, 0.6) is 11.5 Å². The van der Waals surface area contributed by atoms with Crippen LogP contribution in [0.4, 0.5) is 0 Å². The highest BCUT2D eigenvalue weighted by molar-refractivity contribution is 5.94. The van der Waals surface area contributed by atoms with Crippen molar-refractivity contribution in [3.05, 3.63) is 59.2 Å². The van der Waals surface area contributed by atoms with Crippen LogP contribution in [0.25, 0.3) is 0 Å². The Morgan fingerprint density at radius 3 is 2.17 bits per heavy atom. The molecule has 0 unspecified atom stereocenters. The zero-order chi connectivity index (χ0) is 17.7. The number of Topliss-reactive ketones (excluding diaryl/α,β-unsaturated/α-hetero) is 1. The Labute approximate surface area is 141 Å². The van der Waals surface area contributed by atoms with E-state index < -0.39 is 0 Å². The van der Waals surface area contributed by atoms with Gasteiger partial charge in [0.05, 0.1) is 7.11 Å². The highest BCUT2D eigenvalue weighted by Crippen LogP contribution is 2.23. The first-order valence-corrected chi connectivity index (χ1v) is 7.54. The Morgan fingerprint density at radius 1 is 1.00 bits per heavy atom. The average molecular weight is 327 g/mol. The van der Waals surface area contributed by atoms with Crippen LogP contribution in [0, 0.1) is 0 Å². The van der Waals surface area contributed by atoms with Gasteiger partial charge in [0, 0.05) is 30.8 Å². The molecule has 0 bridgehead atoms. The molecule has 2 aromatic carbocycles. The lowest BCUT2D eigenvalue weighted by molar-refractivity contribution is 0.0827. The summed E-state index contributed by atoms with van der Waals surface area (Å²) < 4.78 is 11.1. The molecule has 5 nitrogen and oxygen atoms in total. The smallest absolute Gasteiger partial charge is 0.253 e. The van der Waals surface area contributed by atoms with Gasteiger partial charge in [0.25, 0.3) is 5.91 Å². The number of carbonyl (C=O) groups excluding carboxylic acids is 2. The lowest BCUT2D eigenvalue weighted by Crippen LogP contribution is -2.21. The van der Waals surface area contributed by atoms with Gasteiger partial charge in [0.1, 0.15) is 18.1 Å². The van der Waals surface area contributed by atoms with Crippen LogP contribution in [0.1, 0.15) is 33.2 Å². The number of methoxy groups -OCH3 is 1. The summed E-state index contributed by atoms with van der Waals surface area (Å²) in [6.45, 7) is 1.79. The molecule has 5 heteroatoms. The molecule has 126 valence electrons. The summed E-state index contributed by atoms with van der Waals surface area (Å²) in [5, 5.41) is 0. The van der Waals surface area contributed by atoms with Crippen molar-refractivity contribution in [2.75, 3.05) is 21.2 Å². The van der Waals surface area contributed by atoms with E-state index in [4.69, 9.17) is 9.47 Å². The minimum atomic E-state index is -0.0580. The Morgan fingerprint density at radius 2 is 1.62 bits per heavy atom. The van der Waals surface area contributed by atoms with Crippen molar-refractivity contribution in [3.8, 4) is 11.5 Å². The molecule has 0 spiro atoms. The molecule has 2 aromatic rings. The zero-order valence-corrected chi connectivity index (χ0v) is 14.3. The number of amides is 1. The largest absolute Gasteiger partial charge is 0.496 e. The van der Waals surface area contributed by atoms with Gasteiger partial charge in [-0.15, -0.1) is 0 Å². The second kappa shape index (κ2) is 7.64. The number of benzene rings is 2. The fraction of sp³-hybridized carbons (Fsp3) is 0.263. The molecule has 0 aliphatic rings. The van der Waals surface area contributed by atoms with Crippen molar-refractivity contribution in [3.63, 3.8) is 0 Å². The van der Waals surface area contributed by atoms with Crippen molar-refractivity contribution in [2.24, 2.45) is 0 Å². The predicted molar refractivity (Wildman–Crippen MR) is 91.8 cm³/mol. The third-order valence-electron chi connectivity index (χ3n) is 3.59. The summed E-state index contributed by atoms with van der Waals surface area (Å²) in [6.07, 6.45) is 0. The fourth-order valence-electron chi connectivity index (χ4n) is 2.22. The number of carbonyl (C=O) groups is 2. The highest BCUT2D eigenvalue weighted by Gasteiger charge is 2.10. The lowest BCUT2D eigenvalue weighted by Gasteiger charge is -2.13. The van der Waals surface area contributed by atoms with E-state index in [0.29, 0.717) is 22.6 Å². The fourth-order valence-corrected chi connectivity index (χ4v) is 2.22. The minimum Gasteiger partial charge on any atom is -0.496 e. The second-order valence-electron chi connectivity index (χ2n) is 5.60. The maximum absolute atomic E-state index is 11.9. The normalized spacial score (nSPS) is 10.2. The summed E-state index contributed by atoms with van der Waals surface area (Å²) in [7, 11) is 5.00. The van der Waals surface area contributed by atoms with E-state index in [1.807, 2.05) is 0 Å². The minimum absolute atomic E-state index is 0.00884. The van der Waals surface area contributed by atoms with Crippen molar-refractivity contribution >= 4 is 11.7 Å². The standard InChI is InChI=1S/C19H21NO4/c1-13(21)15-7-10-18(23-4)16(11-15)12-24-17-8-5-14(6-9-17)19(22)20(2)3/h5-11H,12H2,1-4H3. The molecule has 0 heterocycles. The summed E-state index contributed by atoms with van der Waals surface area (Å²) >= 11 is 0. The van der Waals surface area contributed by atoms with Crippen molar-refractivity contribution in [1.29, 1.82) is 0 Å².